The van der Waals surface area contributed by atoms with E-state index in [0.29, 0.717) is 10.8 Å². The molecule has 0 N–H and O–H groups in total. The molecule has 0 bridgehead atoms. The molecule has 12 heavy (non-hydrogen) atoms. The summed E-state index contributed by atoms with van der Waals surface area (Å²) in [5.41, 5.74) is 0.581. The Bertz CT molecular complexity index is 139. The Labute approximate surface area is 80.7 Å². The van der Waals surface area contributed by atoms with E-state index < -0.39 is 0 Å². The minimum absolute atomic E-state index is 0.506. The van der Waals surface area contributed by atoms with Crippen molar-refractivity contribution < 1.29 is 0 Å². The van der Waals surface area contributed by atoms with Crippen LogP contribution in [0.25, 0.3) is 0 Å². The summed E-state index contributed by atoms with van der Waals surface area (Å²) >= 11 is 6.45. The van der Waals surface area contributed by atoms with Crippen LogP contribution in [-0.2, 0) is 0 Å². The molecule has 0 heterocycles. The van der Waals surface area contributed by atoms with Crippen molar-refractivity contribution in [1.82, 2.24) is 0 Å². The molecule has 1 spiro atoms. The molecule has 0 amide bonds. The molecule has 70 valence electrons. The van der Waals surface area contributed by atoms with Crippen LogP contribution in [0.4, 0.5) is 0 Å². The molecule has 1 heteroatoms. The molecular weight excluding hydrogens is 168 g/mol. The van der Waals surface area contributed by atoms with Crippen LogP contribution in [0.3, 0.4) is 0 Å². The highest BCUT2D eigenvalue weighted by atomic mass is 35.5. The SMILES string of the molecule is ClC1CCCCC12CCCCC2. The van der Waals surface area contributed by atoms with Gasteiger partial charge < -0.3 is 0 Å². The van der Waals surface area contributed by atoms with Crippen LogP contribution in [0, 0.1) is 5.41 Å². The van der Waals surface area contributed by atoms with E-state index in [1.54, 1.807) is 0 Å². The number of alkyl halides is 1. The van der Waals surface area contributed by atoms with Crippen LogP contribution in [0.1, 0.15) is 57.8 Å². The summed E-state index contributed by atoms with van der Waals surface area (Å²) < 4.78 is 0. The molecule has 0 nitrogen and oxygen atoms in total. The topological polar surface area (TPSA) is 0 Å². The largest absolute Gasteiger partial charge is 0.122 e. The number of rotatable bonds is 0. The Morgan fingerprint density at radius 2 is 1.42 bits per heavy atom. The first-order chi connectivity index (χ1) is 5.83. The molecule has 2 fully saturated rings. The van der Waals surface area contributed by atoms with Crippen molar-refractivity contribution >= 4 is 11.6 Å². The molecule has 2 rings (SSSR count). The maximum atomic E-state index is 6.45. The second-order valence-electron chi connectivity index (χ2n) is 4.64. The van der Waals surface area contributed by atoms with E-state index >= 15 is 0 Å². The zero-order valence-corrected chi connectivity index (χ0v) is 8.58. The first-order valence-electron chi connectivity index (χ1n) is 5.48. The van der Waals surface area contributed by atoms with Gasteiger partial charge >= 0.3 is 0 Å². The van der Waals surface area contributed by atoms with Gasteiger partial charge in [0.2, 0.25) is 0 Å². The average molecular weight is 187 g/mol. The third-order valence-electron chi connectivity index (χ3n) is 3.90. The van der Waals surface area contributed by atoms with Crippen molar-refractivity contribution in [2.24, 2.45) is 5.41 Å². The predicted octanol–water partition coefficient (Wildman–Crippen LogP) is 4.12. The molecule has 0 aromatic carbocycles. The molecule has 0 aromatic heterocycles. The molecule has 0 aliphatic heterocycles. The third kappa shape index (κ3) is 1.51. The van der Waals surface area contributed by atoms with Crippen LogP contribution in [0.15, 0.2) is 0 Å². The summed E-state index contributed by atoms with van der Waals surface area (Å²) in [7, 11) is 0. The maximum Gasteiger partial charge on any atom is 0.0392 e. The van der Waals surface area contributed by atoms with Crippen LogP contribution in [0.2, 0.25) is 0 Å². The van der Waals surface area contributed by atoms with Gasteiger partial charge in [-0.05, 0) is 31.1 Å². The van der Waals surface area contributed by atoms with E-state index in [4.69, 9.17) is 11.6 Å². The fourth-order valence-corrected chi connectivity index (χ4v) is 3.56. The van der Waals surface area contributed by atoms with Crippen molar-refractivity contribution in [3.63, 3.8) is 0 Å². The highest BCUT2D eigenvalue weighted by Crippen LogP contribution is 2.49. The molecule has 0 saturated heterocycles. The molecule has 2 aliphatic carbocycles. The second-order valence-corrected chi connectivity index (χ2v) is 5.16. The highest BCUT2D eigenvalue weighted by molar-refractivity contribution is 6.21. The number of hydrogen-bond acceptors (Lipinski definition) is 0. The lowest BCUT2D eigenvalue weighted by Gasteiger charge is -2.44. The molecule has 2 aliphatic rings. The summed E-state index contributed by atoms with van der Waals surface area (Å²) in [6.45, 7) is 0. The molecule has 2 saturated carbocycles. The molecule has 1 unspecified atom stereocenters. The van der Waals surface area contributed by atoms with E-state index in [9.17, 15) is 0 Å². The minimum atomic E-state index is 0.506. The lowest BCUT2D eigenvalue weighted by atomic mass is 9.65. The highest BCUT2D eigenvalue weighted by Gasteiger charge is 2.39. The van der Waals surface area contributed by atoms with Crippen molar-refractivity contribution in [2.75, 3.05) is 0 Å². The normalized spacial score (nSPS) is 35.2. The summed E-state index contributed by atoms with van der Waals surface area (Å²) in [4.78, 5) is 0. The molecule has 1 atom stereocenters. The summed E-state index contributed by atoms with van der Waals surface area (Å²) in [6, 6.07) is 0. The summed E-state index contributed by atoms with van der Waals surface area (Å²) in [5.74, 6) is 0. The van der Waals surface area contributed by atoms with Gasteiger partial charge in [-0.25, -0.2) is 0 Å². The first kappa shape index (κ1) is 8.87. The minimum Gasteiger partial charge on any atom is -0.122 e. The Morgan fingerprint density at radius 3 is 2.00 bits per heavy atom. The van der Waals surface area contributed by atoms with E-state index in [1.807, 2.05) is 0 Å². The standard InChI is InChI=1S/C11H19Cl/c12-10-6-2-5-9-11(10)7-3-1-4-8-11/h10H,1-9H2. The van der Waals surface area contributed by atoms with E-state index in [-0.39, 0.29) is 0 Å². The van der Waals surface area contributed by atoms with Crippen LogP contribution < -0.4 is 0 Å². The van der Waals surface area contributed by atoms with Crippen LogP contribution in [-0.4, -0.2) is 5.38 Å². The Morgan fingerprint density at radius 1 is 0.833 bits per heavy atom. The quantitative estimate of drug-likeness (QED) is 0.500. The van der Waals surface area contributed by atoms with Gasteiger partial charge in [-0.3, -0.25) is 0 Å². The van der Waals surface area contributed by atoms with Gasteiger partial charge in [-0.15, -0.1) is 11.6 Å². The van der Waals surface area contributed by atoms with Crippen LogP contribution in [0.5, 0.6) is 0 Å². The van der Waals surface area contributed by atoms with E-state index in [1.165, 1.54) is 57.8 Å². The summed E-state index contributed by atoms with van der Waals surface area (Å²) in [6.07, 6.45) is 12.7. The smallest absolute Gasteiger partial charge is 0.0392 e. The lowest BCUT2D eigenvalue weighted by molar-refractivity contribution is 0.130. The molecule has 0 aromatic rings. The molecule has 0 radical (unpaired) electrons. The first-order valence-corrected chi connectivity index (χ1v) is 5.91. The van der Waals surface area contributed by atoms with Crippen molar-refractivity contribution in [1.29, 1.82) is 0 Å². The van der Waals surface area contributed by atoms with Crippen molar-refractivity contribution in [2.45, 2.75) is 63.2 Å². The Kier molecular flexibility index (Phi) is 2.64. The van der Waals surface area contributed by atoms with Gasteiger partial charge in [0, 0.05) is 5.38 Å². The van der Waals surface area contributed by atoms with Gasteiger partial charge in [0.15, 0.2) is 0 Å². The van der Waals surface area contributed by atoms with Gasteiger partial charge in [0.25, 0.3) is 0 Å². The predicted molar refractivity (Wildman–Crippen MR) is 53.6 cm³/mol. The van der Waals surface area contributed by atoms with Gasteiger partial charge in [-0.2, -0.15) is 0 Å². The lowest BCUT2D eigenvalue weighted by Crippen LogP contribution is -2.36. The van der Waals surface area contributed by atoms with E-state index in [0.717, 1.165) is 0 Å². The summed E-state index contributed by atoms with van der Waals surface area (Å²) in [5, 5.41) is 0.506. The van der Waals surface area contributed by atoms with Crippen molar-refractivity contribution in [3.05, 3.63) is 0 Å². The molecular formula is C11H19Cl. The van der Waals surface area contributed by atoms with Gasteiger partial charge in [0.1, 0.15) is 0 Å². The fourth-order valence-electron chi connectivity index (χ4n) is 3.08. The fraction of sp³-hybridized carbons (Fsp3) is 1.00. The van der Waals surface area contributed by atoms with E-state index in [2.05, 4.69) is 0 Å². The Hall–Kier alpha value is 0.290. The van der Waals surface area contributed by atoms with Crippen molar-refractivity contribution in [3.8, 4) is 0 Å². The van der Waals surface area contributed by atoms with Gasteiger partial charge in [0.05, 0.1) is 0 Å². The number of halogens is 1. The Balaban J connectivity index is 2.04. The number of hydrogen-bond donors (Lipinski definition) is 0. The second kappa shape index (κ2) is 3.57. The van der Waals surface area contributed by atoms with Gasteiger partial charge in [-0.1, -0.05) is 32.1 Å². The average Bonchev–Trinajstić information content (AvgIpc) is 2.12. The monoisotopic (exact) mass is 186 g/mol. The third-order valence-corrected chi connectivity index (χ3v) is 4.58. The maximum absolute atomic E-state index is 6.45. The zero-order valence-electron chi connectivity index (χ0n) is 7.82. The zero-order chi connectivity index (χ0) is 8.44. The van der Waals surface area contributed by atoms with Crippen LogP contribution >= 0.6 is 11.6 Å².